The van der Waals surface area contributed by atoms with Crippen molar-refractivity contribution in [2.24, 2.45) is 5.14 Å². The van der Waals surface area contributed by atoms with E-state index in [4.69, 9.17) is 9.88 Å². The maximum atomic E-state index is 11.0. The average molecular weight is 229 g/mol. The SMILES string of the molecule is COc1cc(C)c(C)cc1CS(N)(=O)=O. The first-order valence-electron chi connectivity index (χ1n) is 4.48. The first-order chi connectivity index (χ1) is 6.83. The number of hydrogen-bond donors (Lipinski definition) is 1. The van der Waals surface area contributed by atoms with Gasteiger partial charge in [0, 0.05) is 5.56 Å². The minimum atomic E-state index is -3.52. The van der Waals surface area contributed by atoms with Gasteiger partial charge in [-0.1, -0.05) is 6.07 Å². The number of methoxy groups -OCH3 is 1. The van der Waals surface area contributed by atoms with Crippen molar-refractivity contribution in [1.82, 2.24) is 0 Å². The first-order valence-corrected chi connectivity index (χ1v) is 6.19. The molecule has 1 aromatic carbocycles. The molecule has 0 aromatic heterocycles. The molecule has 0 unspecified atom stereocenters. The van der Waals surface area contributed by atoms with Gasteiger partial charge in [0.15, 0.2) is 0 Å². The number of sulfonamides is 1. The van der Waals surface area contributed by atoms with Crippen LogP contribution in [-0.4, -0.2) is 15.5 Å². The Balaban J connectivity index is 3.22. The van der Waals surface area contributed by atoms with E-state index < -0.39 is 10.0 Å². The molecule has 0 atom stereocenters. The fourth-order valence-corrected chi connectivity index (χ4v) is 2.03. The maximum Gasteiger partial charge on any atom is 0.213 e. The molecule has 2 N–H and O–H groups in total. The van der Waals surface area contributed by atoms with E-state index in [9.17, 15) is 8.42 Å². The summed E-state index contributed by atoms with van der Waals surface area (Å²) in [6, 6.07) is 3.61. The molecule has 5 heteroatoms. The standard InChI is InChI=1S/C10H15NO3S/c1-7-4-9(6-15(11,12)13)10(14-3)5-8(7)2/h4-5H,6H2,1-3H3,(H2,11,12,13). The number of hydrogen-bond acceptors (Lipinski definition) is 3. The Hall–Kier alpha value is -1.07. The van der Waals surface area contributed by atoms with Gasteiger partial charge in [-0.25, -0.2) is 13.6 Å². The van der Waals surface area contributed by atoms with Gasteiger partial charge in [-0.3, -0.25) is 0 Å². The topological polar surface area (TPSA) is 69.4 Å². The summed E-state index contributed by atoms with van der Waals surface area (Å²) in [5, 5.41) is 5.00. The van der Waals surface area contributed by atoms with E-state index in [0.717, 1.165) is 11.1 Å². The highest BCUT2D eigenvalue weighted by atomic mass is 32.2. The number of benzene rings is 1. The van der Waals surface area contributed by atoms with Crippen molar-refractivity contribution in [2.75, 3.05) is 7.11 Å². The minimum absolute atomic E-state index is 0.197. The molecule has 0 aliphatic heterocycles. The fourth-order valence-electron chi connectivity index (χ4n) is 1.37. The van der Waals surface area contributed by atoms with Crippen LogP contribution in [0.3, 0.4) is 0 Å². The maximum absolute atomic E-state index is 11.0. The summed E-state index contributed by atoms with van der Waals surface area (Å²) in [6.45, 7) is 3.86. The van der Waals surface area contributed by atoms with Crippen LogP contribution in [0.5, 0.6) is 5.75 Å². The molecule has 1 rings (SSSR count). The molecule has 84 valence electrons. The number of aryl methyl sites for hydroxylation is 2. The lowest BCUT2D eigenvalue weighted by Gasteiger charge is -2.10. The molecule has 0 saturated heterocycles. The van der Waals surface area contributed by atoms with E-state index in [1.165, 1.54) is 7.11 Å². The lowest BCUT2D eigenvalue weighted by molar-refractivity contribution is 0.410. The van der Waals surface area contributed by atoms with Crippen molar-refractivity contribution < 1.29 is 13.2 Å². The van der Waals surface area contributed by atoms with Crippen LogP contribution in [0.4, 0.5) is 0 Å². The number of ether oxygens (including phenoxy) is 1. The van der Waals surface area contributed by atoms with Gasteiger partial charge >= 0.3 is 0 Å². The molecule has 0 bridgehead atoms. The average Bonchev–Trinajstić information content (AvgIpc) is 2.08. The van der Waals surface area contributed by atoms with Crippen LogP contribution in [0.15, 0.2) is 12.1 Å². The highest BCUT2D eigenvalue weighted by molar-refractivity contribution is 7.88. The van der Waals surface area contributed by atoms with E-state index in [2.05, 4.69) is 0 Å². The van der Waals surface area contributed by atoms with Crippen LogP contribution < -0.4 is 9.88 Å². The summed E-state index contributed by atoms with van der Waals surface area (Å²) in [6.07, 6.45) is 0. The predicted octanol–water partition coefficient (Wildman–Crippen LogP) is 1.10. The number of nitrogens with two attached hydrogens (primary N) is 1. The Kier molecular flexibility index (Phi) is 3.36. The minimum Gasteiger partial charge on any atom is -0.496 e. The molecule has 0 aliphatic rings. The van der Waals surface area contributed by atoms with Gasteiger partial charge in [0.1, 0.15) is 5.75 Å². The van der Waals surface area contributed by atoms with Crippen LogP contribution in [0, 0.1) is 13.8 Å². The largest absolute Gasteiger partial charge is 0.496 e. The second-order valence-electron chi connectivity index (χ2n) is 3.56. The van der Waals surface area contributed by atoms with E-state index in [0.29, 0.717) is 11.3 Å². The summed E-state index contributed by atoms with van der Waals surface area (Å²) in [5.41, 5.74) is 2.68. The lowest BCUT2D eigenvalue weighted by Crippen LogP contribution is -2.15. The van der Waals surface area contributed by atoms with Gasteiger partial charge in [0.05, 0.1) is 12.9 Å². The molecule has 0 spiro atoms. The van der Waals surface area contributed by atoms with E-state index >= 15 is 0 Å². The second kappa shape index (κ2) is 4.20. The lowest BCUT2D eigenvalue weighted by atomic mass is 10.1. The van der Waals surface area contributed by atoms with Gasteiger partial charge in [0.25, 0.3) is 0 Å². The van der Waals surface area contributed by atoms with Crippen LogP contribution >= 0.6 is 0 Å². The van der Waals surface area contributed by atoms with Crippen LogP contribution in [0.2, 0.25) is 0 Å². The Morgan fingerprint density at radius 3 is 2.27 bits per heavy atom. The highest BCUT2D eigenvalue weighted by Crippen LogP contribution is 2.24. The third kappa shape index (κ3) is 3.21. The van der Waals surface area contributed by atoms with Gasteiger partial charge in [0.2, 0.25) is 10.0 Å². The van der Waals surface area contributed by atoms with Gasteiger partial charge in [-0.2, -0.15) is 0 Å². The molecular weight excluding hydrogens is 214 g/mol. The molecule has 0 saturated carbocycles. The molecule has 0 fully saturated rings. The second-order valence-corrected chi connectivity index (χ2v) is 5.17. The van der Waals surface area contributed by atoms with Crippen molar-refractivity contribution in [3.8, 4) is 5.75 Å². The van der Waals surface area contributed by atoms with Crippen molar-refractivity contribution >= 4 is 10.0 Å². The van der Waals surface area contributed by atoms with Crippen LogP contribution in [0.1, 0.15) is 16.7 Å². The molecule has 0 radical (unpaired) electrons. The zero-order chi connectivity index (χ0) is 11.6. The summed E-state index contributed by atoms with van der Waals surface area (Å²) in [4.78, 5) is 0. The summed E-state index contributed by atoms with van der Waals surface area (Å²) < 4.78 is 27.1. The van der Waals surface area contributed by atoms with Gasteiger partial charge in [-0.15, -0.1) is 0 Å². The monoisotopic (exact) mass is 229 g/mol. The Morgan fingerprint density at radius 1 is 1.27 bits per heavy atom. The molecule has 0 heterocycles. The molecule has 4 nitrogen and oxygen atoms in total. The normalized spacial score (nSPS) is 11.5. The Labute approximate surface area is 90.1 Å². The molecular formula is C10H15NO3S. The molecule has 1 aromatic rings. The summed E-state index contributed by atoms with van der Waals surface area (Å²) in [7, 11) is -2.01. The van der Waals surface area contributed by atoms with E-state index in [-0.39, 0.29) is 5.75 Å². The predicted molar refractivity (Wildman–Crippen MR) is 59.3 cm³/mol. The van der Waals surface area contributed by atoms with Gasteiger partial charge in [-0.05, 0) is 31.0 Å². The third-order valence-corrected chi connectivity index (χ3v) is 2.97. The van der Waals surface area contributed by atoms with Crippen molar-refractivity contribution in [3.63, 3.8) is 0 Å². The Bertz CT molecular complexity index is 466. The zero-order valence-corrected chi connectivity index (χ0v) is 9.89. The van der Waals surface area contributed by atoms with Gasteiger partial charge < -0.3 is 4.74 Å². The number of rotatable bonds is 3. The van der Waals surface area contributed by atoms with E-state index in [1.54, 1.807) is 6.07 Å². The van der Waals surface area contributed by atoms with Crippen LogP contribution in [0.25, 0.3) is 0 Å². The van der Waals surface area contributed by atoms with E-state index in [1.807, 2.05) is 19.9 Å². The fraction of sp³-hybridized carbons (Fsp3) is 0.400. The number of primary sulfonamides is 1. The molecule has 0 aliphatic carbocycles. The van der Waals surface area contributed by atoms with Crippen LogP contribution in [-0.2, 0) is 15.8 Å². The zero-order valence-electron chi connectivity index (χ0n) is 9.07. The molecule has 15 heavy (non-hydrogen) atoms. The highest BCUT2D eigenvalue weighted by Gasteiger charge is 2.11. The molecule has 0 amide bonds. The summed E-state index contributed by atoms with van der Waals surface area (Å²) in [5.74, 6) is 0.365. The first kappa shape index (κ1) is 12.0. The Morgan fingerprint density at radius 2 is 1.80 bits per heavy atom. The van der Waals surface area contributed by atoms with Crippen molar-refractivity contribution in [3.05, 3.63) is 28.8 Å². The smallest absolute Gasteiger partial charge is 0.213 e. The van der Waals surface area contributed by atoms with Crippen molar-refractivity contribution in [2.45, 2.75) is 19.6 Å². The summed E-state index contributed by atoms with van der Waals surface area (Å²) >= 11 is 0. The quantitative estimate of drug-likeness (QED) is 0.843. The third-order valence-electron chi connectivity index (χ3n) is 2.25. The van der Waals surface area contributed by atoms with Crippen molar-refractivity contribution in [1.29, 1.82) is 0 Å².